The van der Waals surface area contributed by atoms with Crippen molar-refractivity contribution in [1.82, 2.24) is 19.7 Å². The molecule has 0 N–H and O–H groups in total. The Morgan fingerprint density at radius 1 is 1.00 bits per heavy atom. The van der Waals surface area contributed by atoms with E-state index < -0.39 is 0 Å². The highest BCUT2D eigenvalue weighted by atomic mass is 32.1. The molecule has 3 aromatic heterocycles. The standard InChI is InChI=1S/C24H18N4O2S/c1-15-19(13-8-16-6-4-3-5-7-16)20-21-22(31-23(20)27-26-15)24(29)28(14-25-21)17-9-11-18(30-2)12-10-17/h3-14H,1-2H3/b13-8+. The summed E-state index contributed by atoms with van der Waals surface area (Å²) in [6.45, 7) is 1.92. The summed E-state index contributed by atoms with van der Waals surface area (Å²) in [4.78, 5) is 18.6. The summed E-state index contributed by atoms with van der Waals surface area (Å²) in [7, 11) is 1.61. The maximum Gasteiger partial charge on any atom is 0.275 e. The molecule has 0 aliphatic rings. The van der Waals surface area contributed by atoms with Crippen molar-refractivity contribution in [3.63, 3.8) is 0 Å². The molecule has 0 saturated heterocycles. The van der Waals surface area contributed by atoms with Gasteiger partial charge in [-0.3, -0.25) is 9.36 Å². The number of hydrogen-bond acceptors (Lipinski definition) is 6. The normalized spacial score (nSPS) is 11.5. The lowest BCUT2D eigenvalue weighted by molar-refractivity contribution is 0.414. The number of ether oxygens (including phenoxy) is 1. The molecule has 0 atom stereocenters. The van der Waals surface area contributed by atoms with E-state index in [-0.39, 0.29) is 5.56 Å². The van der Waals surface area contributed by atoms with Crippen molar-refractivity contribution in [3.8, 4) is 11.4 Å². The van der Waals surface area contributed by atoms with Crippen LogP contribution >= 0.6 is 11.3 Å². The van der Waals surface area contributed by atoms with Crippen LogP contribution in [0.4, 0.5) is 0 Å². The largest absolute Gasteiger partial charge is 0.497 e. The number of hydrogen-bond donors (Lipinski definition) is 0. The third kappa shape index (κ3) is 3.39. The van der Waals surface area contributed by atoms with Crippen molar-refractivity contribution in [2.24, 2.45) is 0 Å². The molecule has 0 aliphatic carbocycles. The minimum absolute atomic E-state index is 0.131. The topological polar surface area (TPSA) is 69.9 Å². The van der Waals surface area contributed by atoms with Crippen LogP contribution in [0, 0.1) is 6.92 Å². The van der Waals surface area contributed by atoms with E-state index in [1.54, 1.807) is 13.4 Å². The van der Waals surface area contributed by atoms with Crippen LogP contribution < -0.4 is 10.3 Å². The number of thiophene rings is 1. The SMILES string of the molecule is COc1ccc(-n2cnc3c(sc4nnc(C)c(/C=C/c5ccccc5)c43)c2=O)cc1. The van der Waals surface area contributed by atoms with E-state index in [2.05, 4.69) is 15.2 Å². The first-order valence-electron chi connectivity index (χ1n) is 9.70. The molecule has 6 nitrogen and oxygen atoms in total. The summed E-state index contributed by atoms with van der Waals surface area (Å²) in [6, 6.07) is 17.4. The Morgan fingerprint density at radius 2 is 1.77 bits per heavy atom. The summed E-state index contributed by atoms with van der Waals surface area (Å²) in [5.41, 5.74) is 4.05. The van der Waals surface area contributed by atoms with Gasteiger partial charge in [0.05, 0.1) is 24.0 Å². The minimum Gasteiger partial charge on any atom is -0.497 e. The maximum absolute atomic E-state index is 13.3. The van der Waals surface area contributed by atoms with Gasteiger partial charge in [0.2, 0.25) is 0 Å². The zero-order valence-electron chi connectivity index (χ0n) is 16.9. The van der Waals surface area contributed by atoms with Crippen molar-refractivity contribution >= 4 is 43.9 Å². The van der Waals surface area contributed by atoms with Crippen LogP contribution in [-0.4, -0.2) is 26.9 Å². The summed E-state index contributed by atoms with van der Waals surface area (Å²) >= 11 is 1.32. The number of aromatic nitrogens is 4. The monoisotopic (exact) mass is 426 g/mol. The van der Waals surface area contributed by atoms with Gasteiger partial charge >= 0.3 is 0 Å². The maximum atomic E-state index is 13.3. The molecule has 31 heavy (non-hydrogen) atoms. The first kappa shape index (κ1) is 19.1. The first-order valence-corrected chi connectivity index (χ1v) is 10.5. The molecular weight excluding hydrogens is 408 g/mol. The molecule has 5 rings (SSSR count). The zero-order chi connectivity index (χ0) is 21.4. The predicted molar refractivity (Wildman–Crippen MR) is 125 cm³/mol. The second-order valence-electron chi connectivity index (χ2n) is 7.02. The quantitative estimate of drug-likeness (QED) is 0.410. The van der Waals surface area contributed by atoms with Crippen LogP contribution in [0.3, 0.4) is 0 Å². The molecule has 0 spiro atoms. The lowest BCUT2D eigenvalue weighted by Gasteiger charge is -2.06. The molecule has 5 aromatic rings. The molecule has 0 fully saturated rings. The van der Waals surface area contributed by atoms with Gasteiger partial charge in [0, 0.05) is 10.9 Å². The van der Waals surface area contributed by atoms with Crippen LogP contribution in [-0.2, 0) is 0 Å². The molecule has 0 radical (unpaired) electrons. The number of benzene rings is 2. The smallest absolute Gasteiger partial charge is 0.275 e. The minimum atomic E-state index is -0.131. The van der Waals surface area contributed by atoms with Gasteiger partial charge in [0.1, 0.15) is 21.6 Å². The van der Waals surface area contributed by atoms with E-state index in [1.165, 1.54) is 15.9 Å². The van der Waals surface area contributed by atoms with Crippen LogP contribution in [0.1, 0.15) is 16.8 Å². The first-order chi connectivity index (χ1) is 15.2. The molecular formula is C24H18N4O2S. The van der Waals surface area contributed by atoms with Crippen LogP contribution in [0.15, 0.2) is 65.7 Å². The van der Waals surface area contributed by atoms with E-state index in [9.17, 15) is 4.79 Å². The van der Waals surface area contributed by atoms with E-state index in [1.807, 2.05) is 73.7 Å². The Bertz CT molecular complexity index is 1490. The highest BCUT2D eigenvalue weighted by Gasteiger charge is 2.17. The lowest BCUT2D eigenvalue weighted by Crippen LogP contribution is -2.17. The third-order valence-corrected chi connectivity index (χ3v) is 6.17. The Balaban J connectivity index is 1.69. The molecule has 7 heteroatoms. The molecule has 0 amide bonds. The van der Waals surface area contributed by atoms with E-state index in [0.29, 0.717) is 15.0 Å². The van der Waals surface area contributed by atoms with Gasteiger partial charge in [0.15, 0.2) is 0 Å². The van der Waals surface area contributed by atoms with Gasteiger partial charge in [0.25, 0.3) is 5.56 Å². The van der Waals surface area contributed by atoms with E-state index in [4.69, 9.17) is 4.74 Å². The fourth-order valence-electron chi connectivity index (χ4n) is 3.50. The van der Waals surface area contributed by atoms with Gasteiger partial charge in [-0.05, 0) is 36.8 Å². The van der Waals surface area contributed by atoms with Gasteiger partial charge in [-0.1, -0.05) is 42.5 Å². The predicted octanol–water partition coefficient (Wildman–Crippen LogP) is 4.88. The molecule has 0 bridgehead atoms. The summed E-state index contributed by atoms with van der Waals surface area (Å²) in [5, 5.41) is 9.49. The average molecular weight is 427 g/mol. The van der Waals surface area contributed by atoms with Crippen molar-refractivity contribution in [3.05, 3.63) is 88.1 Å². The third-order valence-electron chi connectivity index (χ3n) is 5.12. The Kier molecular flexibility index (Phi) is 4.80. The van der Waals surface area contributed by atoms with Crippen molar-refractivity contribution in [2.75, 3.05) is 7.11 Å². The van der Waals surface area contributed by atoms with Crippen molar-refractivity contribution in [1.29, 1.82) is 0 Å². The van der Waals surface area contributed by atoms with E-state index >= 15 is 0 Å². The number of rotatable bonds is 4. The molecule has 0 saturated carbocycles. The second kappa shape index (κ2) is 7.77. The van der Waals surface area contributed by atoms with Crippen LogP contribution in [0.2, 0.25) is 0 Å². The van der Waals surface area contributed by atoms with E-state index in [0.717, 1.165) is 33.6 Å². The molecule has 0 unspecified atom stereocenters. The second-order valence-corrected chi connectivity index (χ2v) is 8.02. The zero-order valence-corrected chi connectivity index (χ0v) is 17.8. The highest BCUT2D eigenvalue weighted by molar-refractivity contribution is 7.25. The van der Waals surface area contributed by atoms with Gasteiger partial charge in [-0.15, -0.1) is 16.4 Å². The van der Waals surface area contributed by atoms with Crippen LogP contribution in [0.5, 0.6) is 5.75 Å². The molecule has 2 aromatic carbocycles. The lowest BCUT2D eigenvalue weighted by atomic mass is 10.1. The van der Waals surface area contributed by atoms with Gasteiger partial charge < -0.3 is 4.74 Å². The number of aryl methyl sites for hydroxylation is 1. The molecule has 152 valence electrons. The number of fused-ring (bicyclic) bond motifs is 3. The molecule has 3 heterocycles. The highest BCUT2D eigenvalue weighted by Crippen LogP contribution is 2.33. The number of nitrogens with zero attached hydrogens (tertiary/aromatic N) is 4. The Morgan fingerprint density at radius 3 is 2.52 bits per heavy atom. The van der Waals surface area contributed by atoms with Gasteiger partial charge in [-0.25, -0.2) is 4.98 Å². The number of methoxy groups -OCH3 is 1. The van der Waals surface area contributed by atoms with Crippen molar-refractivity contribution < 1.29 is 4.74 Å². The van der Waals surface area contributed by atoms with Gasteiger partial charge in [-0.2, -0.15) is 5.10 Å². The Labute approximate surface area is 182 Å². The summed E-state index contributed by atoms with van der Waals surface area (Å²) < 4.78 is 7.30. The fourth-order valence-corrected chi connectivity index (χ4v) is 4.52. The van der Waals surface area contributed by atoms with Crippen molar-refractivity contribution in [2.45, 2.75) is 6.92 Å². The summed E-state index contributed by atoms with van der Waals surface area (Å²) in [6.07, 6.45) is 5.62. The average Bonchev–Trinajstić information content (AvgIpc) is 3.19. The fraction of sp³-hybridized carbons (Fsp3) is 0.0833. The summed E-state index contributed by atoms with van der Waals surface area (Å²) in [5.74, 6) is 0.730. The molecule has 0 aliphatic heterocycles. The van der Waals surface area contributed by atoms with Crippen LogP contribution in [0.25, 0.3) is 38.3 Å². The Hall–Kier alpha value is -3.84.